The van der Waals surface area contributed by atoms with Gasteiger partial charge in [0.05, 0.1) is 34.6 Å². The molecule has 0 N–H and O–H groups in total. The van der Waals surface area contributed by atoms with Crippen molar-refractivity contribution < 1.29 is 8.78 Å². The quantitative estimate of drug-likeness (QED) is 0.0298. The lowest BCUT2D eigenvalue weighted by molar-refractivity contribution is 0.403. The molecule has 9 rings (SSSR count). The van der Waals surface area contributed by atoms with Gasteiger partial charge in [0.25, 0.3) is 0 Å². The second-order valence-corrected chi connectivity index (χ2v) is 36.1. The lowest BCUT2D eigenvalue weighted by Gasteiger charge is -2.35. The highest BCUT2D eigenvalue weighted by atomic mass is 32.1. The van der Waals surface area contributed by atoms with Gasteiger partial charge in [0, 0.05) is 60.7 Å². The summed E-state index contributed by atoms with van der Waals surface area (Å²) >= 11 is 9.77. The van der Waals surface area contributed by atoms with E-state index in [2.05, 4.69) is 133 Å². The van der Waals surface area contributed by atoms with Crippen molar-refractivity contribution >= 4 is 109 Å². The van der Waals surface area contributed by atoms with Crippen LogP contribution in [0.4, 0.5) is 8.78 Å². The zero-order chi connectivity index (χ0) is 60.9. The van der Waals surface area contributed by atoms with Crippen molar-refractivity contribution in [2.75, 3.05) is 0 Å². The first-order valence-electron chi connectivity index (χ1n) is 33.4. The first-order valence-corrected chi connectivity index (χ1v) is 40.5. The Morgan fingerprint density at radius 2 is 0.812 bits per heavy atom. The molecule has 6 unspecified atom stereocenters. The Kier molecular flexibility index (Phi) is 22.2. The highest BCUT2D eigenvalue weighted by Crippen LogP contribution is 2.54. The molecule has 0 saturated heterocycles. The van der Waals surface area contributed by atoms with Crippen LogP contribution in [0.5, 0.6) is 0 Å². The van der Waals surface area contributed by atoms with Crippen molar-refractivity contribution in [3.05, 3.63) is 90.8 Å². The van der Waals surface area contributed by atoms with E-state index in [-0.39, 0.29) is 22.5 Å². The van der Waals surface area contributed by atoms with E-state index in [1.54, 1.807) is 22.7 Å². The molecule has 13 heteroatoms. The third-order valence-electron chi connectivity index (χ3n) is 21.4. The minimum absolute atomic E-state index is 0.110. The summed E-state index contributed by atoms with van der Waals surface area (Å²) in [4.78, 5) is 9.82. The number of halogens is 2. The molecule has 0 radical (unpaired) electrons. The maximum absolute atomic E-state index is 18.0. The normalized spacial score (nSPS) is 17.9. The summed E-state index contributed by atoms with van der Waals surface area (Å²) in [6.45, 7) is 32.6. The predicted molar refractivity (Wildman–Crippen MR) is 377 cm³/mol. The summed E-state index contributed by atoms with van der Waals surface area (Å²) in [5.74, 6) is 0.671. The van der Waals surface area contributed by atoms with E-state index in [0.717, 1.165) is 82.5 Å². The third-order valence-corrected chi connectivity index (χ3v) is 34.0. The molecule has 7 heterocycles. The Bertz CT molecular complexity index is 3260. The van der Waals surface area contributed by atoms with Gasteiger partial charge in [0.1, 0.15) is 41.8 Å². The van der Waals surface area contributed by atoms with Gasteiger partial charge in [-0.3, -0.25) is 0 Å². The fourth-order valence-corrected chi connectivity index (χ4v) is 29.1. The minimum Gasteiger partial charge on any atom is -0.206 e. The number of benzene rings is 2. The summed E-state index contributed by atoms with van der Waals surface area (Å²) < 4.78 is 56.3. The van der Waals surface area contributed by atoms with E-state index in [9.17, 15) is 0 Å². The molecule has 0 amide bonds. The fourth-order valence-electron chi connectivity index (χ4n) is 14.5. The van der Waals surface area contributed by atoms with E-state index in [4.69, 9.17) is 17.5 Å². The van der Waals surface area contributed by atoms with E-state index in [0.29, 0.717) is 34.0 Å². The average molecular weight is 1280 g/mol. The highest BCUT2D eigenvalue weighted by Gasteiger charge is 2.51. The summed E-state index contributed by atoms with van der Waals surface area (Å²) in [5.41, 5.74) is 5.34. The van der Waals surface area contributed by atoms with Gasteiger partial charge >= 0.3 is 0 Å². The third kappa shape index (κ3) is 12.8. The van der Waals surface area contributed by atoms with Crippen LogP contribution in [-0.2, 0) is 21.7 Å². The monoisotopic (exact) mass is 1280 g/mol. The average Bonchev–Trinajstić information content (AvgIpc) is 1.63. The Labute approximate surface area is 536 Å². The molecule has 1 aliphatic rings. The number of aromatic nitrogens is 4. The molecule has 2 aromatic carbocycles. The largest absolute Gasteiger partial charge is 0.206 e. The van der Waals surface area contributed by atoms with E-state index >= 15 is 8.78 Å². The molecule has 85 heavy (non-hydrogen) atoms. The number of hydrogen-bond donors (Lipinski definition) is 0. The molecule has 0 spiro atoms. The number of thiophene rings is 4. The zero-order valence-electron chi connectivity index (χ0n) is 54.2. The topological polar surface area (TPSA) is 51.6 Å². The second-order valence-electron chi connectivity index (χ2n) is 26.7. The standard InChI is InChI=1S/C72H100F2N4S6Si/c1-15-25-29-31-39-69(11,21-7)57-35-37-59(81-57)71(13,23-9)49-41-51(73)61(65-63(49)75-83-77-65)53-43-55-67(79-53)68-56(85(55,45-47(19-5)33-27-17-3)46-48(20-6)34-28-18-4)44-54(80-68)62-52(74)42-50(64-66(62)78-84-76-64)72(14,24-10)60-38-36-58(82-60)70(12,22-8)40-32-30-26-16-2/h35-38,41-44,47-48H,15-34,39-40,45-46H2,1-14H3. The molecular formula is C72H100F2N4S6Si. The van der Waals surface area contributed by atoms with Crippen LogP contribution in [-0.4, -0.2) is 25.6 Å². The van der Waals surface area contributed by atoms with Crippen LogP contribution in [0.2, 0.25) is 12.1 Å². The van der Waals surface area contributed by atoms with Crippen LogP contribution in [0.15, 0.2) is 48.5 Å². The zero-order valence-corrected chi connectivity index (χ0v) is 60.1. The molecule has 0 bridgehead atoms. The van der Waals surface area contributed by atoms with Crippen LogP contribution in [0.1, 0.15) is 269 Å². The van der Waals surface area contributed by atoms with Crippen LogP contribution < -0.4 is 10.4 Å². The van der Waals surface area contributed by atoms with Gasteiger partial charge < -0.3 is 0 Å². The molecule has 462 valence electrons. The predicted octanol–water partition coefficient (Wildman–Crippen LogP) is 24.2. The first kappa shape index (κ1) is 66.4. The Hall–Kier alpha value is -3.04. The Balaban J connectivity index is 1.18. The van der Waals surface area contributed by atoms with Crippen LogP contribution >= 0.6 is 68.8 Å². The SMILES string of the molecule is CCCCCCC(C)(CC)c1ccc(C(C)(CC)c2cc(F)c(-c3cc4c(s3)-c3sc(-c5c(F)cc(C(C)(CC)c6ccc(C(C)(CC)CCCCCC)s6)c6nsnc56)cc3[Si]4(CC(CC)CCCC)CC(CC)CCCC)c3nsnc23)s1. The van der Waals surface area contributed by atoms with Crippen molar-refractivity contribution in [3.8, 4) is 30.6 Å². The van der Waals surface area contributed by atoms with Gasteiger partial charge in [-0.15, -0.1) is 45.3 Å². The fraction of sp³-hybridized carbons (Fsp3) is 0.611. The van der Waals surface area contributed by atoms with Crippen LogP contribution in [0.3, 0.4) is 0 Å². The number of unbranched alkanes of at least 4 members (excludes halogenated alkanes) is 8. The molecular weight excluding hydrogens is 1180 g/mol. The first-order chi connectivity index (χ1) is 40.9. The highest BCUT2D eigenvalue weighted by molar-refractivity contribution is 7.31. The molecule has 0 saturated carbocycles. The van der Waals surface area contributed by atoms with Gasteiger partial charge in [-0.25, -0.2) is 8.78 Å². The summed E-state index contributed by atoms with van der Waals surface area (Å²) in [6.07, 6.45) is 25.7. The molecule has 0 fully saturated rings. The van der Waals surface area contributed by atoms with E-state index in [1.165, 1.54) is 166 Å². The summed E-state index contributed by atoms with van der Waals surface area (Å²) in [6, 6.07) is 20.2. The van der Waals surface area contributed by atoms with E-state index in [1.807, 2.05) is 34.8 Å². The lowest BCUT2D eigenvalue weighted by atomic mass is 9.77. The van der Waals surface area contributed by atoms with Crippen molar-refractivity contribution in [2.24, 2.45) is 11.8 Å². The molecule has 1 aliphatic heterocycles. The molecule has 8 aromatic rings. The molecule has 6 atom stereocenters. The molecule has 4 nitrogen and oxygen atoms in total. The summed E-state index contributed by atoms with van der Waals surface area (Å²) in [7, 11) is -2.63. The van der Waals surface area contributed by atoms with Gasteiger partial charge in [-0.05, 0) is 132 Å². The van der Waals surface area contributed by atoms with Crippen molar-refractivity contribution in [1.29, 1.82) is 0 Å². The minimum atomic E-state index is -2.63. The molecule has 6 aromatic heterocycles. The lowest BCUT2D eigenvalue weighted by Crippen LogP contribution is -2.56. The number of hydrogen-bond acceptors (Lipinski definition) is 10. The number of fused-ring (bicyclic) bond motifs is 5. The van der Waals surface area contributed by atoms with Crippen molar-refractivity contribution in [2.45, 2.75) is 272 Å². The number of rotatable bonds is 34. The Morgan fingerprint density at radius 1 is 0.435 bits per heavy atom. The van der Waals surface area contributed by atoms with Crippen LogP contribution in [0, 0.1) is 23.5 Å². The smallest absolute Gasteiger partial charge is 0.134 e. The van der Waals surface area contributed by atoms with Gasteiger partial charge in [-0.1, -0.05) is 200 Å². The maximum atomic E-state index is 18.0. The van der Waals surface area contributed by atoms with Crippen LogP contribution in [0.25, 0.3) is 52.7 Å². The molecule has 0 aliphatic carbocycles. The second kappa shape index (κ2) is 28.4. The Morgan fingerprint density at radius 3 is 1.16 bits per heavy atom. The summed E-state index contributed by atoms with van der Waals surface area (Å²) in [5, 5.41) is 2.93. The number of nitrogens with zero attached hydrogens (tertiary/aromatic N) is 4. The van der Waals surface area contributed by atoms with Gasteiger partial charge in [0.15, 0.2) is 0 Å². The maximum Gasteiger partial charge on any atom is 0.134 e. The van der Waals surface area contributed by atoms with Crippen molar-refractivity contribution in [3.63, 3.8) is 0 Å². The van der Waals surface area contributed by atoms with Crippen molar-refractivity contribution in [1.82, 2.24) is 17.5 Å². The van der Waals surface area contributed by atoms with Gasteiger partial charge in [-0.2, -0.15) is 17.5 Å². The van der Waals surface area contributed by atoms with Gasteiger partial charge in [0.2, 0.25) is 0 Å². The van der Waals surface area contributed by atoms with E-state index < -0.39 is 18.9 Å².